The molecule has 3 aromatic rings. The SMILES string of the molecule is COc1ccc(C2C(C#N)=C(N)Oc3cc(OC(=O)COc4ccccc4Cl)ccc32)cc1. The van der Waals surface area contributed by atoms with Crippen molar-refractivity contribution in [2.24, 2.45) is 5.73 Å². The highest BCUT2D eigenvalue weighted by atomic mass is 35.5. The molecular formula is C25H19ClN2O5. The summed E-state index contributed by atoms with van der Waals surface area (Å²) in [5.74, 6) is 0.678. The Kier molecular flexibility index (Phi) is 6.38. The van der Waals surface area contributed by atoms with E-state index in [4.69, 9.17) is 36.3 Å². The molecule has 0 fully saturated rings. The van der Waals surface area contributed by atoms with Crippen LogP contribution in [0.3, 0.4) is 0 Å². The van der Waals surface area contributed by atoms with Gasteiger partial charge in [0.25, 0.3) is 0 Å². The zero-order valence-electron chi connectivity index (χ0n) is 17.6. The van der Waals surface area contributed by atoms with Crippen LogP contribution in [-0.4, -0.2) is 19.7 Å². The third-order valence-electron chi connectivity index (χ3n) is 5.05. The fraction of sp³-hybridized carbons (Fsp3) is 0.120. The monoisotopic (exact) mass is 462 g/mol. The topological polar surface area (TPSA) is 104 Å². The van der Waals surface area contributed by atoms with Crippen LogP contribution in [0.15, 0.2) is 78.2 Å². The van der Waals surface area contributed by atoms with Gasteiger partial charge in [-0.05, 0) is 35.9 Å². The lowest BCUT2D eigenvalue weighted by Gasteiger charge is -2.26. The number of hydrogen-bond donors (Lipinski definition) is 1. The largest absolute Gasteiger partial charge is 0.497 e. The van der Waals surface area contributed by atoms with Gasteiger partial charge >= 0.3 is 5.97 Å². The van der Waals surface area contributed by atoms with Crippen LogP contribution in [0.5, 0.6) is 23.0 Å². The third-order valence-corrected chi connectivity index (χ3v) is 5.37. The standard InChI is InChI=1S/C25H19ClN2O5/c1-30-16-8-6-15(7-9-16)24-18-11-10-17(12-22(18)33-25(28)19(24)13-27)32-23(29)14-31-21-5-3-2-4-20(21)26/h2-12,24H,14,28H2,1H3. The van der Waals surface area contributed by atoms with Gasteiger partial charge in [-0.3, -0.25) is 0 Å². The van der Waals surface area contributed by atoms with E-state index in [2.05, 4.69) is 6.07 Å². The van der Waals surface area contributed by atoms with Crippen molar-refractivity contribution in [2.75, 3.05) is 13.7 Å². The molecule has 0 bridgehead atoms. The van der Waals surface area contributed by atoms with Gasteiger partial charge in [0.15, 0.2) is 6.61 Å². The van der Waals surface area contributed by atoms with Crippen LogP contribution in [0.2, 0.25) is 5.02 Å². The molecule has 166 valence electrons. The molecular weight excluding hydrogens is 444 g/mol. The van der Waals surface area contributed by atoms with Crippen molar-refractivity contribution in [3.8, 4) is 29.1 Å². The quantitative estimate of drug-likeness (QED) is 0.423. The first-order chi connectivity index (χ1) is 16.0. The number of halogens is 1. The van der Waals surface area contributed by atoms with Gasteiger partial charge in [-0.2, -0.15) is 5.26 Å². The summed E-state index contributed by atoms with van der Waals surface area (Å²) in [6.45, 7) is -0.323. The zero-order valence-corrected chi connectivity index (χ0v) is 18.3. The van der Waals surface area contributed by atoms with Crippen molar-refractivity contribution in [3.63, 3.8) is 0 Å². The predicted molar refractivity (Wildman–Crippen MR) is 121 cm³/mol. The lowest BCUT2D eigenvalue weighted by Crippen LogP contribution is -2.21. The zero-order chi connectivity index (χ0) is 23.4. The van der Waals surface area contributed by atoms with Crippen LogP contribution in [-0.2, 0) is 4.79 Å². The number of esters is 1. The number of nitrogens with two attached hydrogens (primary N) is 1. The van der Waals surface area contributed by atoms with Crippen molar-refractivity contribution >= 4 is 17.6 Å². The van der Waals surface area contributed by atoms with Crippen LogP contribution in [0.1, 0.15) is 17.0 Å². The highest BCUT2D eigenvalue weighted by Crippen LogP contribution is 2.43. The summed E-state index contributed by atoms with van der Waals surface area (Å²) < 4.78 is 21.7. The summed E-state index contributed by atoms with van der Waals surface area (Å²) in [5, 5.41) is 10.1. The number of allylic oxidation sites excluding steroid dienone is 1. The molecule has 0 saturated heterocycles. The predicted octanol–water partition coefficient (Wildman–Crippen LogP) is 4.55. The van der Waals surface area contributed by atoms with Crippen LogP contribution in [0.4, 0.5) is 0 Å². The van der Waals surface area contributed by atoms with Crippen LogP contribution in [0.25, 0.3) is 0 Å². The van der Waals surface area contributed by atoms with Gasteiger partial charge in [0.1, 0.15) is 34.6 Å². The molecule has 1 heterocycles. The van der Waals surface area contributed by atoms with E-state index in [1.165, 1.54) is 0 Å². The summed E-state index contributed by atoms with van der Waals surface area (Å²) in [6.07, 6.45) is 0. The average molecular weight is 463 g/mol. The average Bonchev–Trinajstić information content (AvgIpc) is 2.82. The third kappa shape index (κ3) is 4.71. The second-order valence-corrected chi connectivity index (χ2v) is 7.50. The number of ether oxygens (including phenoxy) is 4. The Morgan fingerprint density at radius 2 is 1.85 bits per heavy atom. The molecule has 2 N–H and O–H groups in total. The number of nitrogens with zero attached hydrogens (tertiary/aromatic N) is 1. The minimum atomic E-state index is -0.612. The van der Waals surface area contributed by atoms with Gasteiger partial charge in [-0.25, -0.2) is 4.79 Å². The minimum Gasteiger partial charge on any atom is -0.497 e. The first kappa shape index (κ1) is 22.1. The molecule has 1 atom stereocenters. The number of methoxy groups -OCH3 is 1. The smallest absolute Gasteiger partial charge is 0.349 e. The molecule has 3 aromatic carbocycles. The lowest BCUT2D eigenvalue weighted by atomic mass is 9.83. The highest BCUT2D eigenvalue weighted by molar-refractivity contribution is 6.32. The van der Waals surface area contributed by atoms with Crippen LogP contribution in [0, 0.1) is 11.3 Å². The molecule has 0 saturated carbocycles. The van der Waals surface area contributed by atoms with E-state index in [-0.39, 0.29) is 18.2 Å². The van der Waals surface area contributed by atoms with Crippen LogP contribution < -0.4 is 24.7 Å². The van der Waals surface area contributed by atoms with Gasteiger partial charge in [0.05, 0.1) is 18.1 Å². The molecule has 1 unspecified atom stereocenters. The Hall–Kier alpha value is -4.15. The molecule has 7 nitrogen and oxygen atoms in total. The molecule has 1 aliphatic heterocycles. The molecule has 1 aliphatic rings. The molecule has 8 heteroatoms. The maximum Gasteiger partial charge on any atom is 0.349 e. The number of carbonyl (C=O) groups is 1. The number of nitriles is 1. The first-order valence-corrected chi connectivity index (χ1v) is 10.3. The number of hydrogen-bond acceptors (Lipinski definition) is 7. The molecule has 0 aliphatic carbocycles. The number of para-hydroxylation sites is 1. The second-order valence-electron chi connectivity index (χ2n) is 7.09. The summed E-state index contributed by atoms with van der Waals surface area (Å²) >= 11 is 6.03. The Bertz CT molecular complexity index is 1260. The Balaban J connectivity index is 1.55. The maximum absolute atomic E-state index is 12.3. The molecule has 0 aromatic heterocycles. The van der Waals surface area contributed by atoms with Crippen LogP contribution >= 0.6 is 11.6 Å². The van der Waals surface area contributed by atoms with Gasteiger partial charge < -0.3 is 24.7 Å². The van der Waals surface area contributed by atoms with Gasteiger partial charge in [-0.15, -0.1) is 0 Å². The fourth-order valence-electron chi connectivity index (χ4n) is 3.50. The van der Waals surface area contributed by atoms with Crippen molar-refractivity contribution in [1.29, 1.82) is 5.26 Å². The van der Waals surface area contributed by atoms with Crippen molar-refractivity contribution < 1.29 is 23.7 Å². The number of rotatable bonds is 6. The normalized spacial score (nSPS) is 14.5. The Morgan fingerprint density at radius 1 is 1.12 bits per heavy atom. The number of fused-ring (bicyclic) bond motifs is 1. The van der Waals surface area contributed by atoms with Crippen molar-refractivity contribution in [1.82, 2.24) is 0 Å². The summed E-state index contributed by atoms with van der Waals surface area (Å²) in [6, 6.07) is 21.2. The van der Waals surface area contributed by atoms with Gasteiger partial charge in [-0.1, -0.05) is 41.9 Å². The number of benzene rings is 3. The van der Waals surface area contributed by atoms with Gasteiger partial charge in [0.2, 0.25) is 5.88 Å². The minimum absolute atomic E-state index is 0.00338. The van der Waals surface area contributed by atoms with E-state index in [1.807, 2.05) is 24.3 Å². The first-order valence-electron chi connectivity index (χ1n) is 9.93. The molecule has 33 heavy (non-hydrogen) atoms. The Morgan fingerprint density at radius 3 is 2.55 bits per heavy atom. The van der Waals surface area contributed by atoms with Crippen molar-refractivity contribution in [2.45, 2.75) is 5.92 Å². The fourth-order valence-corrected chi connectivity index (χ4v) is 3.69. The highest BCUT2D eigenvalue weighted by Gasteiger charge is 2.31. The lowest BCUT2D eigenvalue weighted by molar-refractivity contribution is -0.136. The second kappa shape index (κ2) is 9.55. The maximum atomic E-state index is 12.3. The summed E-state index contributed by atoms with van der Waals surface area (Å²) in [7, 11) is 1.58. The van der Waals surface area contributed by atoms with E-state index >= 15 is 0 Å². The van der Waals surface area contributed by atoms with Gasteiger partial charge in [0, 0.05) is 11.6 Å². The van der Waals surface area contributed by atoms with E-state index in [0.29, 0.717) is 27.8 Å². The van der Waals surface area contributed by atoms with Crippen molar-refractivity contribution in [3.05, 3.63) is 94.3 Å². The molecule has 0 amide bonds. The van der Waals surface area contributed by atoms with E-state index in [9.17, 15) is 10.1 Å². The molecule has 0 radical (unpaired) electrons. The summed E-state index contributed by atoms with van der Waals surface area (Å²) in [4.78, 5) is 12.3. The molecule has 4 rings (SSSR count). The van der Waals surface area contributed by atoms with E-state index < -0.39 is 11.9 Å². The Labute approximate surface area is 195 Å². The molecule has 0 spiro atoms. The van der Waals surface area contributed by atoms with E-state index in [0.717, 1.165) is 11.1 Å². The van der Waals surface area contributed by atoms with E-state index in [1.54, 1.807) is 49.6 Å². The number of carbonyl (C=O) groups excluding carboxylic acids is 1. The summed E-state index contributed by atoms with van der Waals surface area (Å²) in [5.41, 5.74) is 7.90.